The van der Waals surface area contributed by atoms with Crippen molar-refractivity contribution >= 4 is 5.69 Å². The number of ether oxygens (including phenoxy) is 1. The quantitative estimate of drug-likeness (QED) is 0.717. The van der Waals surface area contributed by atoms with Crippen molar-refractivity contribution in [3.05, 3.63) is 77.6 Å². The van der Waals surface area contributed by atoms with Gasteiger partial charge in [0.25, 0.3) is 0 Å². The van der Waals surface area contributed by atoms with Crippen molar-refractivity contribution in [3.8, 4) is 0 Å². The fraction of sp³-hybridized carbons (Fsp3) is 0.300. The van der Waals surface area contributed by atoms with E-state index in [0.29, 0.717) is 13.2 Å². The molecule has 0 bridgehead atoms. The van der Waals surface area contributed by atoms with Gasteiger partial charge in [0.2, 0.25) is 0 Å². The predicted molar refractivity (Wildman–Crippen MR) is 97.4 cm³/mol. The first-order valence-electron chi connectivity index (χ1n) is 8.74. The zero-order chi connectivity index (χ0) is 17.1. The lowest BCUT2D eigenvalue weighted by Crippen LogP contribution is -2.23. The van der Waals surface area contributed by atoms with Crippen LogP contribution in [0.3, 0.4) is 0 Å². The average Bonchev–Trinajstić information content (AvgIpc) is 3.32. The van der Waals surface area contributed by atoms with Gasteiger partial charge in [0.05, 0.1) is 19.3 Å². The van der Waals surface area contributed by atoms with Crippen LogP contribution in [0.5, 0.6) is 0 Å². The van der Waals surface area contributed by atoms with Crippen LogP contribution in [-0.4, -0.2) is 28.1 Å². The van der Waals surface area contributed by atoms with Crippen LogP contribution in [-0.2, 0) is 17.7 Å². The van der Waals surface area contributed by atoms with E-state index in [2.05, 4.69) is 58.5 Å². The molecule has 3 aromatic rings. The monoisotopic (exact) mass is 334 g/mol. The SMILES string of the molecule is CCc1ccc(N2CCOC2c2cn(Cc3ccccc3)nn2)cc1. The molecule has 2 aromatic carbocycles. The van der Waals surface area contributed by atoms with Crippen molar-refractivity contribution < 1.29 is 4.74 Å². The van der Waals surface area contributed by atoms with Crippen molar-refractivity contribution in [1.82, 2.24) is 15.0 Å². The maximum Gasteiger partial charge on any atom is 0.177 e. The molecule has 0 N–H and O–H groups in total. The predicted octanol–water partition coefficient (Wildman–Crippen LogP) is 3.42. The maximum absolute atomic E-state index is 5.94. The second-order valence-electron chi connectivity index (χ2n) is 6.26. The second-order valence-corrected chi connectivity index (χ2v) is 6.26. The lowest BCUT2D eigenvalue weighted by atomic mass is 10.1. The summed E-state index contributed by atoms with van der Waals surface area (Å²) in [5.41, 5.74) is 4.57. The molecule has 0 amide bonds. The third-order valence-corrected chi connectivity index (χ3v) is 4.56. The molecule has 5 heteroatoms. The lowest BCUT2D eigenvalue weighted by molar-refractivity contribution is 0.110. The molecule has 128 valence electrons. The molecule has 2 heterocycles. The highest BCUT2D eigenvalue weighted by Crippen LogP contribution is 2.31. The Morgan fingerprint density at radius 3 is 2.60 bits per heavy atom. The largest absolute Gasteiger partial charge is 0.350 e. The Kier molecular flexibility index (Phi) is 4.48. The minimum Gasteiger partial charge on any atom is -0.350 e. The molecule has 0 radical (unpaired) electrons. The molecule has 25 heavy (non-hydrogen) atoms. The minimum atomic E-state index is -0.169. The number of hydrogen-bond acceptors (Lipinski definition) is 4. The minimum absolute atomic E-state index is 0.169. The van der Waals surface area contributed by atoms with Gasteiger partial charge in [0.15, 0.2) is 6.23 Å². The van der Waals surface area contributed by atoms with Gasteiger partial charge < -0.3 is 9.64 Å². The molecule has 1 unspecified atom stereocenters. The summed E-state index contributed by atoms with van der Waals surface area (Å²) in [4.78, 5) is 2.25. The van der Waals surface area contributed by atoms with E-state index in [1.807, 2.05) is 29.1 Å². The van der Waals surface area contributed by atoms with Gasteiger partial charge in [-0.1, -0.05) is 54.6 Å². The zero-order valence-corrected chi connectivity index (χ0v) is 14.4. The summed E-state index contributed by atoms with van der Waals surface area (Å²) in [5.74, 6) is 0. The molecular formula is C20H22N4O. The number of aromatic nitrogens is 3. The van der Waals surface area contributed by atoms with Gasteiger partial charge in [-0.15, -0.1) is 5.10 Å². The first kappa shape index (κ1) is 15.8. The van der Waals surface area contributed by atoms with Crippen LogP contribution >= 0.6 is 0 Å². The highest BCUT2D eigenvalue weighted by molar-refractivity contribution is 5.49. The lowest BCUT2D eigenvalue weighted by Gasteiger charge is -2.23. The molecule has 1 fully saturated rings. The van der Waals surface area contributed by atoms with Gasteiger partial charge >= 0.3 is 0 Å². The third-order valence-electron chi connectivity index (χ3n) is 4.56. The van der Waals surface area contributed by atoms with E-state index in [4.69, 9.17) is 4.74 Å². The highest BCUT2D eigenvalue weighted by Gasteiger charge is 2.29. The Balaban J connectivity index is 1.52. The van der Waals surface area contributed by atoms with E-state index in [-0.39, 0.29) is 6.23 Å². The van der Waals surface area contributed by atoms with Gasteiger partial charge in [-0.05, 0) is 29.7 Å². The van der Waals surface area contributed by atoms with Gasteiger partial charge in [-0.2, -0.15) is 0 Å². The number of hydrogen-bond donors (Lipinski definition) is 0. The molecular weight excluding hydrogens is 312 g/mol. The second kappa shape index (κ2) is 7.07. The first-order chi connectivity index (χ1) is 12.3. The summed E-state index contributed by atoms with van der Waals surface area (Å²) in [5, 5.41) is 8.62. The van der Waals surface area contributed by atoms with E-state index in [1.165, 1.54) is 11.1 Å². The summed E-state index contributed by atoms with van der Waals surface area (Å²) in [6.07, 6.45) is 2.86. The Labute approximate surface area is 147 Å². The molecule has 1 aromatic heterocycles. The number of anilines is 1. The molecule has 1 saturated heterocycles. The summed E-state index contributed by atoms with van der Waals surface area (Å²) in [7, 11) is 0. The summed E-state index contributed by atoms with van der Waals surface area (Å²) in [6, 6.07) is 19.0. The number of aryl methyl sites for hydroxylation is 1. The average molecular weight is 334 g/mol. The van der Waals surface area contributed by atoms with Gasteiger partial charge in [0.1, 0.15) is 5.69 Å². The Morgan fingerprint density at radius 2 is 1.84 bits per heavy atom. The van der Waals surface area contributed by atoms with Crippen LogP contribution in [0.25, 0.3) is 0 Å². The standard InChI is InChI=1S/C20H22N4O/c1-2-16-8-10-18(11-9-16)24-12-13-25-20(24)19-15-23(22-21-19)14-17-6-4-3-5-7-17/h3-11,15,20H,2,12-14H2,1H3. The fourth-order valence-electron chi connectivity index (χ4n) is 3.18. The normalized spacial score (nSPS) is 17.2. The van der Waals surface area contributed by atoms with Crippen LogP contribution in [0, 0.1) is 0 Å². The molecule has 1 aliphatic heterocycles. The van der Waals surface area contributed by atoms with E-state index < -0.39 is 0 Å². The number of rotatable bonds is 5. The highest BCUT2D eigenvalue weighted by atomic mass is 16.5. The molecule has 1 aliphatic rings. The molecule has 0 saturated carbocycles. The smallest absolute Gasteiger partial charge is 0.177 e. The van der Waals surface area contributed by atoms with Crippen LogP contribution in [0.15, 0.2) is 60.8 Å². The van der Waals surface area contributed by atoms with E-state index in [0.717, 1.165) is 24.3 Å². The fourth-order valence-corrected chi connectivity index (χ4v) is 3.18. The van der Waals surface area contributed by atoms with E-state index in [1.54, 1.807) is 0 Å². The number of benzene rings is 2. The Morgan fingerprint density at radius 1 is 1.04 bits per heavy atom. The zero-order valence-electron chi connectivity index (χ0n) is 14.4. The van der Waals surface area contributed by atoms with Crippen molar-refractivity contribution in [2.24, 2.45) is 0 Å². The summed E-state index contributed by atoms with van der Waals surface area (Å²) >= 11 is 0. The van der Waals surface area contributed by atoms with Crippen LogP contribution in [0.1, 0.15) is 30.0 Å². The maximum atomic E-state index is 5.94. The molecule has 4 rings (SSSR count). The number of nitrogens with zero attached hydrogens (tertiary/aromatic N) is 4. The third kappa shape index (κ3) is 3.42. The van der Waals surface area contributed by atoms with Crippen LogP contribution < -0.4 is 4.90 Å². The van der Waals surface area contributed by atoms with Gasteiger partial charge in [-0.3, -0.25) is 0 Å². The summed E-state index contributed by atoms with van der Waals surface area (Å²) < 4.78 is 7.80. The molecule has 0 spiro atoms. The van der Waals surface area contributed by atoms with E-state index >= 15 is 0 Å². The van der Waals surface area contributed by atoms with Crippen molar-refractivity contribution in [2.45, 2.75) is 26.1 Å². The molecule has 1 atom stereocenters. The molecule has 5 nitrogen and oxygen atoms in total. The Hall–Kier alpha value is -2.66. The van der Waals surface area contributed by atoms with E-state index in [9.17, 15) is 0 Å². The van der Waals surface area contributed by atoms with Crippen molar-refractivity contribution in [2.75, 3.05) is 18.1 Å². The topological polar surface area (TPSA) is 43.2 Å². The van der Waals surface area contributed by atoms with Gasteiger partial charge in [-0.25, -0.2) is 4.68 Å². The Bertz CT molecular complexity index is 813. The van der Waals surface area contributed by atoms with Crippen LogP contribution in [0.2, 0.25) is 0 Å². The first-order valence-corrected chi connectivity index (χ1v) is 8.74. The van der Waals surface area contributed by atoms with Crippen molar-refractivity contribution in [3.63, 3.8) is 0 Å². The van der Waals surface area contributed by atoms with Crippen LogP contribution in [0.4, 0.5) is 5.69 Å². The van der Waals surface area contributed by atoms with Gasteiger partial charge in [0, 0.05) is 12.2 Å². The molecule has 0 aliphatic carbocycles. The van der Waals surface area contributed by atoms with Crippen molar-refractivity contribution in [1.29, 1.82) is 0 Å². The summed E-state index contributed by atoms with van der Waals surface area (Å²) in [6.45, 7) is 4.45.